The summed E-state index contributed by atoms with van der Waals surface area (Å²) in [6.45, 7) is 0. The van der Waals surface area contributed by atoms with E-state index < -0.39 is 11.2 Å². The summed E-state index contributed by atoms with van der Waals surface area (Å²) in [6, 6.07) is 8.68. The predicted molar refractivity (Wildman–Crippen MR) is 82.7 cm³/mol. The van der Waals surface area contributed by atoms with Crippen LogP contribution in [-0.4, -0.2) is 15.3 Å². The molecule has 2 aromatic carbocycles. The lowest BCUT2D eigenvalue weighted by Gasteiger charge is -2.07. The molecule has 0 aliphatic rings. The third-order valence-corrected chi connectivity index (χ3v) is 3.70. The second-order valence-electron chi connectivity index (χ2n) is 5.09. The first kappa shape index (κ1) is 13.3. The fourth-order valence-corrected chi connectivity index (χ4v) is 2.55. The molecule has 0 atom stereocenters. The van der Waals surface area contributed by atoms with E-state index in [-0.39, 0.29) is 33.8 Å². The Kier molecular flexibility index (Phi) is 2.62. The zero-order valence-electron chi connectivity index (χ0n) is 11.6. The van der Waals surface area contributed by atoms with Crippen molar-refractivity contribution < 1.29 is 24.2 Å². The zero-order chi connectivity index (χ0) is 16.1. The zero-order valence-corrected chi connectivity index (χ0v) is 11.6. The highest BCUT2D eigenvalue weighted by atomic mass is 16.4. The van der Waals surface area contributed by atoms with E-state index in [4.69, 9.17) is 8.83 Å². The number of rotatable bonds is 1. The molecule has 2 aromatic heterocycles. The van der Waals surface area contributed by atoms with E-state index in [0.29, 0.717) is 11.0 Å². The smallest absolute Gasteiger partial charge is 0.235 e. The van der Waals surface area contributed by atoms with Crippen LogP contribution in [0.3, 0.4) is 0 Å². The lowest BCUT2D eigenvalue weighted by molar-refractivity contribution is 0.403. The first-order chi connectivity index (χ1) is 11.1. The number of phenolic OH excluding ortho intramolecular Hbond substituents is 2. The Hall–Kier alpha value is -3.41. The molecular weight excluding hydrogens is 300 g/mol. The fraction of sp³-hybridized carbons (Fsp3) is 0. The molecule has 0 saturated heterocycles. The number of benzene rings is 2. The predicted octanol–water partition coefficient (Wildman–Crippen LogP) is 3.32. The molecule has 0 unspecified atom stereocenters. The second-order valence-corrected chi connectivity index (χ2v) is 5.09. The van der Waals surface area contributed by atoms with E-state index in [1.165, 1.54) is 30.5 Å². The normalized spacial score (nSPS) is 11.3. The Morgan fingerprint density at radius 3 is 2.48 bits per heavy atom. The SMILES string of the molecule is O=c1c(O)c(-c2ccc(O)c(O)c2)oc2c1ccc1occc12. The Morgan fingerprint density at radius 2 is 1.70 bits per heavy atom. The van der Waals surface area contributed by atoms with Gasteiger partial charge in [-0.2, -0.15) is 0 Å². The molecular formula is C17H10O6. The summed E-state index contributed by atoms with van der Waals surface area (Å²) in [6.07, 6.45) is 1.48. The van der Waals surface area contributed by atoms with Crippen molar-refractivity contribution in [1.29, 1.82) is 0 Å². The van der Waals surface area contributed by atoms with Gasteiger partial charge in [0.05, 0.1) is 17.0 Å². The average molecular weight is 310 g/mol. The largest absolute Gasteiger partial charge is 0.504 e. The van der Waals surface area contributed by atoms with Gasteiger partial charge < -0.3 is 24.2 Å². The summed E-state index contributed by atoms with van der Waals surface area (Å²) in [5, 5.41) is 30.0. The van der Waals surface area contributed by atoms with Crippen LogP contribution < -0.4 is 5.43 Å². The van der Waals surface area contributed by atoms with Gasteiger partial charge in [0.2, 0.25) is 11.2 Å². The molecule has 0 amide bonds. The van der Waals surface area contributed by atoms with Gasteiger partial charge in [-0.15, -0.1) is 0 Å². The van der Waals surface area contributed by atoms with Gasteiger partial charge in [0.1, 0.15) is 11.2 Å². The third-order valence-electron chi connectivity index (χ3n) is 3.70. The van der Waals surface area contributed by atoms with E-state index >= 15 is 0 Å². The highest BCUT2D eigenvalue weighted by Gasteiger charge is 2.18. The van der Waals surface area contributed by atoms with Crippen LogP contribution in [0.2, 0.25) is 0 Å². The molecule has 0 spiro atoms. The van der Waals surface area contributed by atoms with Crippen LogP contribution in [-0.2, 0) is 0 Å². The van der Waals surface area contributed by atoms with Crippen molar-refractivity contribution in [3.63, 3.8) is 0 Å². The lowest BCUT2D eigenvalue weighted by Crippen LogP contribution is -2.02. The number of hydrogen-bond acceptors (Lipinski definition) is 6. The summed E-state index contributed by atoms with van der Waals surface area (Å²) in [4.78, 5) is 12.4. The van der Waals surface area contributed by atoms with Crippen LogP contribution in [0.4, 0.5) is 0 Å². The molecule has 6 heteroatoms. The van der Waals surface area contributed by atoms with Crippen molar-refractivity contribution in [3.05, 3.63) is 52.9 Å². The summed E-state index contributed by atoms with van der Waals surface area (Å²) in [5.74, 6) is -1.35. The first-order valence-electron chi connectivity index (χ1n) is 6.74. The average Bonchev–Trinajstić information content (AvgIpc) is 3.02. The van der Waals surface area contributed by atoms with E-state index in [2.05, 4.69) is 0 Å². The summed E-state index contributed by atoms with van der Waals surface area (Å²) in [7, 11) is 0. The van der Waals surface area contributed by atoms with Gasteiger partial charge in [-0.1, -0.05) is 0 Å². The molecule has 0 saturated carbocycles. The number of aromatic hydroxyl groups is 3. The summed E-state index contributed by atoms with van der Waals surface area (Å²) >= 11 is 0. The topological polar surface area (TPSA) is 104 Å². The molecule has 3 N–H and O–H groups in total. The molecule has 23 heavy (non-hydrogen) atoms. The van der Waals surface area contributed by atoms with Gasteiger partial charge in [-0.3, -0.25) is 4.79 Å². The molecule has 0 fully saturated rings. The maximum atomic E-state index is 12.4. The van der Waals surface area contributed by atoms with Crippen LogP contribution in [0, 0.1) is 0 Å². The van der Waals surface area contributed by atoms with E-state index in [0.717, 1.165) is 0 Å². The van der Waals surface area contributed by atoms with Crippen LogP contribution >= 0.6 is 0 Å². The second kappa shape index (κ2) is 4.54. The van der Waals surface area contributed by atoms with Gasteiger partial charge in [-0.05, 0) is 36.4 Å². The standard InChI is InChI=1S/C17H10O6/c18-11-3-1-8(7-12(11)19)16-15(21)14(20)10-2-4-13-9(5-6-22-13)17(10)23-16/h1-7,18-19,21H. The minimum atomic E-state index is -0.586. The first-order valence-corrected chi connectivity index (χ1v) is 6.74. The highest BCUT2D eigenvalue weighted by Crippen LogP contribution is 2.36. The number of phenols is 2. The van der Waals surface area contributed by atoms with Gasteiger partial charge >= 0.3 is 0 Å². The van der Waals surface area contributed by atoms with Gasteiger partial charge in [0.25, 0.3) is 0 Å². The molecule has 0 radical (unpaired) electrons. The monoisotopic (exact) mass is 310 g/mol. The van der Waals surface area contributed by atoms with Gasteiger partial charge in [0, 0.05) is 5.56 Å². The van der Waals surface area contributed by atoms with Crippen LogP contribution in [0.25, 0.3) is 33.3 Å². The number of hydrogen-bond donors (Lipinski definition) is 3. The maximum Gasteiger partial charge on any atom is 0.235 e. The number of furan rings is 1. The molecule has 2 heterocycles. The Balaban J connectivity index is 2.12. The molecule has 0 aliphatic heterocycles. The molecule has 0 aliphatic carbocycles. The Bertz CT molecular complexity index is 1120. The van der Waals surface area contributed by atoms with Crippen molar-refractivity contribution in [2.45, 2.75) is 0 Å². The van der Waals surface area contributed by atoms with Gasteiger partial charge in [-0.25, -0.2) is 0 Å². The summed E-state index contributed by atoms with van der Waals surface area (Å²) in [5.41, 5.74) is 0.502. The Labute approximate surface area is 128 Å². The van der Waals surface area contributed by atoms with Crippen LogP contribution in [0.1, 0.15) is 0 Å². The minimum Gasteiger partial charge on any atom is -0.504 e. The van der Waals surface area contributed by atoms with E-state index in [9.17, 15) is 20.1 Å². The van der Waals surface area contributed by atoms with E-state index in [1.807, 2.05) is 0 Å². The van der Waals surface area contributed by atoms with Crippen LogP contribution in [0.15, 0.2) is 56.3 Å². The summed E-state index contributed by atoms with van der Waals surface area (Å²) < 4.78 is 11.0. The van der Waals surface area contributed by atoms with Crippen molar-refractivity contribution >= 4 is 21.9 Å². The van der Waals surface area contributed by atoms with Crippen molar-refractivity contribution in [2.24, 2.45) is 0 Å². The minimum absolute atomic E-state index is 0.0912. The van der Waals surface area contributed by atoms with Gasteiger partial charge in [0.15, 0.2) is 17.3 Å². The molecule has 4 aromatic rings. The Morgan fingerprint density at radius 1 is 0.870 bits per heavy atom. The third kappa shape index (κ3) is 1.85. The molecule has 0 bridgehead atoms. The fourth-order valence-electron chi connectivity index (χ4n) is 2.55. The highest BCUT2D eigenvalue weighted by molar-refractivity contribution is 6.02. The number of fused-ring (bicyclic) bond motifs is 3. The van der Waals surface area contributed by atoms with Crippen LogP contribution in [0.5, 0.6) is 17.2 Å². The van der Waals surface area contributed by atoms with Crippen molar-refractivity contribution in [1.82, 2.24) is 0 Å². The maximum absolute atomic E-state index is 12.4. The van der Waals surface area contributed by atoms with E-state index in [1.54, 1.807) is 12.1 Å². The lowest BCUT2D eigenvalue weighted by atomic mass is 10.1. The van der Waals surface area contributed by atoms with Crippen molar-refractivity contribution in [3.8, 4) is 28.6 Å². The molecule has 4 rings (SSSR count). The molecule has 114 valence electrons. The molecule has 6 nitrogen and oxygen atoms in total. The van der Waals surface area contributed by atoms with Crippen molar-refractivity contribution in [2.75, 3.05) is 0 Å². The quantitative estimate of drug-likeness (QED) is 0.466.